The van der Waals surface area contributed by atoms with Gasteiger partial charge in [-0.15, -0.1) is 0 Å². The first kappa shape index (κ1) is 26.3. The van der Waals surface area contributed by atoms with Crippen LogP contribution in [0.1, 0.15) is 33.6 Å². The molecule has 2 heterocycles. The van der Waals surface area contributed by atoms with E-state index >= 15 is 0 Å². The second kappa shape index (κ2) is 10.9. The zero-order chi connectivity index (χ0) is 25.8. The zero-order valence-corrected chi connectivity index (χ0v) is 20.5. The number of nitrogens with one attached hydrogen (secondary N) is 2. The Kier molecular flexibility index (Phi) is 8.21. The molecule has 0 aliphatic carbocycles. The molecule has 1 aromatic rings. The van der Waals surface area contributed by atoms with Gasteiger partial charge in [-0.2, -0.15) is 0 Å². The van der Waals surface area contributed by atoms with Crippen LogP contribution in [0, 0.1) is 5.82 Å². The Balaban J connectivity index is 1.76. The van der Waals surface area contributed by atoms with Crippen molar-refractivity contribution in [2.75, 3.05) is 50.1 Å². The van der Waals surface area contributed by atoms with Gasteiger partial charge in [0.05, 0.1) is 37.2 Å². The Morgan fingerprint density at radius 2 is 1.91 bits per heavy atom. The number of nitrogens with zero attached hydrogens (tertiary/aromatic N) is 2. The number of hydrogen-bond donors (Lipinski definition) is 3. The summed E-state index contributed by atoms with van der Waals surface area (Å²) in [5.41, 5.74) is 0.521. The van der Waals surface area contributed by atoms with Gasteiger partial charge < -0.3 is 35.0 Å². The summed E-state index contributed by atoms with van der Waals surface area (Å²) in [5.74, 6) is -1.65. The lowest BCUT2D eigenvalue weighted by molar-refractivity contribution is -0.136. The van der Waals surface area contributed by atoms with Gasteiger partial charge in [-0.25, -0.2) is 14.0 Å². The Morgan fingerprint density at radius 3 is 2.51 bits per heavy atom. The third-order valence-corrected chi connectivity index (χ3v) is 5.73. The topological polar surface area (TPSA) is 120 Å². The first-order chi connectivity index (χ1) is 16.5. The Labute approximate surface area is 204 Å². The third kappa shape index (κ3) is 6.62. The van der Waals surface area contributed by atoms with Crippen molar-refractivity contribution >= 4 is 29.3 Å². The number of esters is 1. The van der Waals surface area contributed by atoms with E-state index in [0.717, 1.165) is 0 Å². The summed E-state index contributed by atoms with van der Waals surface area (Å²) < 4.78 is 24.3. The van der Waals surface area contributed by atoms with Gasteiger partial charge in [-0.3, -0.25) is 4.79 Å². The number of alkyl carbamates (subject to hydrolysis) is 1. The standard InChI is InChI=1S/C24H33FN4O6/c1-24(2,3)35-23(33)26-16-7-9-28(10-8-16)19-6-5-15(25)13-18(19)27-20-17(22(32)34-4)14-29(11-12-30)21(20)31/h5-6,13,16,27,30H,7-12,14H2,1-4H3,(H,26,33). The van der Waals surface area contributed by atoms with Gasteiger partial charge in [0, 0.05) is 25.7 Å². The molecule has 1 fully saturated rings. The molecule has 0 aromatic heterocycles. The number of benzene rings is 1. The maximum absolute atomic E-state index is 14.2. The van der Waals surface area contributed by atoms with Crippen molar-refractivity contribution in [3.63, 3.8) is 0 Å². The minimum Gasteiger partial charge on any atom is -0.466 e. The minimum atomic E-state index is -0.673. The maximum Gasteiger partial charge on any atom is 0.407 e. The molecule has 0 spiro atoms. The summed E-state index contributed by atoms with van der Waals surface area (Å²) in [4.78, 5) is 40.6. The lowest BCUT2D eigenvalue weighted by Crippen LogP contribution is -2.46. The number of piperidine rings is 1. The summed E-state index contributed by atoms with van der Waals surface area (Å²) >= 11 is 0. The van der Waals surface area contributed by atoms with Crippen LogP contribution < -0.4 is 15.5 Å². The van der Waals surface area contributed by atoms with Gasteiger partial charge in [0.1, 0.15) is 17.1 Å². The van der Waals surface area contributed by atoms with Gasteiger partial charge in [-0.05, 0) is 51.8 Å². The number of ether oxygens (including phenoxy) is 2. The average molecular weight is 493 g/mol. The van der Waals surface area contributed by atoms with E-state index in [2.05, 4.69) is 10.6 Å². The Morgan fingerprint density at radius 1 is 1.23 bits per heavy atom. The normalized spacial score (nSPS) is 17.0. The van der Waals surface area contributed by atoms with Crippen LogP contribution in [-0.4, -0.2) is 79.5 Å². The number of β-amino-alcohol motifs (C(OH)–C–C–N with tert-alkyl or cyclic N) is 1. The van der Waals surface area contributed by atoms with Crippen LogP contribution in [-0.2, 0) is 19.1 Å². The highest BCUT2D eigenvalue weighted by Crippen LogP contribution is 2.32. The van der Waals surface area contributed by atoms with E-state index < -0.39 is 29.4 Å². The minimum absolute atomic E-state index is 0.00127. The molecule has 0 atom stereocenters. The number of aliphatic hydroxyl groups is 1. The van der Waals surface area contributed by atoms with E-state index in [9.17, 15) is 23.9 Å². The van der Waals surface area contributed by atoms with Gasteiger partial charge in [0.2, 0.25) is 0 Å². The van der Waals surface area contributed by atoms with Crippen molar-refractivity contribution in [2.45, 2.75) is 45.3 Å². The second-order valence-corrected chi connectivity index (χ2v) is 9.49. The molecular weight excluding hydrogens is 459 g/mol. The van der Waals surface area contributed by atoms with E-state index in [-0.39, 0.29) is 37.0 Å². The zero-order valence-electron chi connectivity index (χ0n) is 20.5. The molecule has 192 valence electrons. The molecule has 0 radical (unpaired) electrons. The van der Waals surface area contributed by atoms with E-state index in [4.69, 9.17) is 9.47 Å². The number of halogens is 1. The number of carbonyl (C=O) groups excluding carboxylic acids is 3. The lowest BCUT2D eigenvalue weighted by atomic mass is 10.0. The highest BCUT2D eigenvalue weighted by Gasteiger charge is 2.35. The molecule has 3 rings (SSSR count). The quantitative estimate of drug-likeness (QED) is 0.495. The first-order valence-corrected chi connectivity index (χ1v) is 11.5. The summed E-state index contributed by atoms with van der Waals surface area (Å²) in [6.07, 6.45) is 0.833. The van der Waals surface area contributed by atoms with E-state index in [1.165, 1.54) is 24.1 Å². The molecule has 2 aliphatic heterocycles. The monoisotopic (exact) mass is 492 g/mol. The van der Waals surface area contributed by atoms with E-state index in [0.29, 0.717) is 37.3 Å². The SMILES string of the molecule is COC(=O)C1=C(Nc2cc(F)ccc2N2CCC(NC(=O)OC(C)(C)C)CC2)C(=O)N(CCO)C1. The fraction of sp³-hybridized carbons (Fsp3) is 0.542. The van der Waals surface area contributed by atoms with Gasteiger partial charge in [0.15, 0.2) is 0 Å². The second-order valence-electron chi connectivity index (χ2n) is 9.49. The fourth-order valence-electron chi connectivity index (χ4n) is 4.11. The number of amides is 2. The van der Waals surface area contributed by atoms with Crippen molar-refractivity contribution in [3.8, 4) is 0 Å². The summed E-state index contributed by atoms with van der Waals surface area (Å²) in [6, 6.07) is 4.15. The van der Waals surface area contributed by atoms with Crippen LogP contribution in [0.5, 0.6) is 0 Å². The molecule has 2 aliphatic rings. The van der Waals surface area contributed by atoms with Gasteiger partial charge in [-0.1, -0.05) is 0 Å². The van der Waals surface area contributed by atoms with Crippen LogP contribution in [0.15, 0.2) is 29.5 Å². The van der Waals surface area contributed by atoms with Crippen molar-refractivity contribution in [1.29, 1.82) is 0 Å². The van der Waals surface area contributed by atoms with Crippen LogP contribution >= 0.6 is 0 Å². The van der Waals surface area contributed by atoms with Crippen molar-refractivity contribution in [1.82, 2.24) is 10.2 Å². The number of methoxy groups -OCH3 is 1. The molecule has 10 nitrogen and oxygen atoms in total. The van der Waals surface area contributed by atoms with Crippen LogP contribution in [0.4, 0.5) is 20.6 Å². The Hall–Kier alpha value is -3.34. The number of carbonyl (C=O) groups is 3. The van der Waals surface area contributed by atoms with Gasteiger partial charge >= 0.3 is 12.1 Å². The summed E-state index contributed by atoms with van der Waals surface area (Å²) in [6.45, 7) is 6.35. The number of rotatable bonds is 7. The van der Waals surface area contributed by atoms with Crippen LogP contribution in [0.3, 0.4) is 0 Å². The molecule has 0 unspecified atom stereocenters. The first-order valence-electron chi connectivity index (χ1n) is 11.5. The maximum atomic E-state index is 14.2. The smallest absolute Gasteiger partial charge is 0.407 e. The largest absolute Gasteiger partial charge is 0.466 e. The highest BCUT2D eigenvalue weighted by molar-refractivity contribution is 6.09. The summed E-state index contributed by atoms with van der Waals surface area (Å²) in [7, 11) is 1.22. The van der Waals surface area contributed by atoms with E-state index in [1.54, 1.807) is 26.8 Å². The molecular formula is C24H33FN4O6. The van der Waals surface area contributed by atoms with Crippen LogP contribution in [0.25, 0.3) is 0 Å². The number of aliphatic hydroxyl groups excluding tert-OH is 1. The fourth-order valence-corrected chi connectivity index (χ4v) is 4.11. The Bertz CT molecular complexity index is 998. The van der Waals surface area contributed by atoms with Crippen molar-refractivity contribution in [3.05, 3.63) is 35.3 Å². The third-order valence-electron chi connectivity index (χ3n) is 5.73. The van der Waals surface area contributed by atoms with Crippen molar-refractivity contribution in [2.24, 2.45) is 0 Å². The molecule has 1 aromatic carbocycles. The van der Waals surface area contributed by atoms with Gasteiger partial charge in [0.25, 0.3) is 5.91 Å². The highest BCUT2D eigenvalue weighted by atomic mass is 19.1. The van der Waals surface area contributed by atoms with Crippen molar-refractivity contribution < 1.29 is 33.4 Å². The predicted molar refractivity (Wildman–Crippen MR) is 127 cm³/mol. The molecule has 3 N–H and O–H groups in total. The average Bonchev–Trinajstić information content (AvgIpc) is 3.08. The van der Waals surface area contributed by atoms with Crippen LogP contribution in [0.2, 0.25) is 0 Å². The molecule has 2 amide bonds. The molecule has 1 saturated heterocycles. The summed E-state index contributed by atoms with van der Waals surface area (Å²) in [5, 5.41) is 15.1. The predicted octanol–water partition coefficient (Wildman–Crippen LogP) is 1.99. The molecule has 0 saturated carbocycles. The number of anilines is 2. The molecule has 0 bridgehead atoms. The van der Waals surface area contributed by atoms with E-state index in [1.807, 2.05) is 4.90 Å². The molecule has 35 heavy (non-hydrogen) atoms. The lowest BCUT2D eigenvalue weighted by Gasteiger charge is -2.35. The number of hydrogen-bond acceptors (Lipinski definition) is 8. The molecule has 11 heteroatoms.